The van der Waals surface area contributed by atoms with Gasteiger partial charge >= 0.3 is 17.9 Å². The Hall–Kier alpha value is -1.71. The average molecular weight is 1250 g/mol. The number of likely N-dealkylation sites (N-methyl/N-ethyl adjacent to an activating group) is 1. The average Bonchev–Trinajstić information content (AvgIpc) is 3.54. The van der Waals surface area contributed by atoms with Crippen molar-refractivity contribution in [3.05, 3.63) is 0 Å². The lowest BCUT2D eigenvalue weighted by molar-refractivity contribution is -0.870. The fourth-order valence-corrected chi connectivity index (χ4v) is 12.6. The summed E-state index contributed by atoms with van der Waals surface area (Å²) in [5.41, 5.74) is 0. The quantitative estimate of drug-likeness (QED) is 0.0278. The predicted molar refractivity (Wildman–Crippen MR) is 379 cm³/mol. The van der Waals surface area contributed by atoms with Gasteiger partial charge in [0.15, 0.2) is 6.10 Å². The number of nitrogens with zero attached hydrogens (tertiary/aromatic N) is 1. The minimum atomic E-state index is -1.51. The zero-order valence-corrected chi connectivity index (χ0v) is 60.2. The normalized spacial score (nSPS) is 12.5. The van der Waals surface area contributed by atoms with Crippen LogP contribution in [0.5, 0.6) is 0 Å². The molecular weight excluding hydrogens is 1090 g/mol. The fraction of sp³-hybridized carbons (Fsp3) is 0.962. The molecule has 0 fully saturated rings. The Bertz CT molecular complexity index is 1400. The van der Waals surface area contributed by atoms with Gasteiger partial charge in [0, 0.05) is 12.8 Å². The zero-order valence-electron chi connectivity index (χ0n) is 60.2. The molecule has 1 N–H and O–H groups in total. The Balaban J connectivity index is 3.93. The lowest BCUT2D eigenvalue weighted by Crippen LogP contribution is -2.40. The number of unbranched alkanes of at least 4 members (excludes halogenated alkanes) is 61. The van der Waals surface area contributed by atoms with Crippen LogP contribution in [0.4, 0.5) is 0 Å². The third-order valence-electron chi connectivity index (χ3n) is 18.6. The molecule has 9 nitrogen and oxygen atoms in total. The van der Waals surface area contributed by atoms with Gasteiger partial charge in [-0.15, -0.1) is 0 Å². The number of carbonyl (C=O) groups is 3. The summed E-state index contributed by atoms with van der Waals surface area (Å²) in [6.07, 6.45) is 84.1. The van der Waals surface area contributed by atoms with E-state index >= 15 is 0 Å². The van der Waals surface area contributed by atoms with Crippen LogP contribution in [0.3, 0.4) is 0 Å². The van der Waals surface area contributed by atoms with Gasteiger partial charge in [-0.3, -0.25) is 9.59 Å². The minimum Gasteiger partial charge on any atom is -0.477 e. The van der Waals surface area contributed by atoms with Crippen LogP contribution in [-0.4, -0.2) is 87.4 Å². The van der Waals surface area contributed by atoms with Gasteiger partial charge in [0.25, 0.3) is 6.29 Å². The van der Waals surface area contributed by atoms with Crippen LogP contribution < -0.4 is 0 Å². The second kappa shape index (κ2) is 71.1. The molecule has 2 unspecified atom stereocenters. The largest absolute Gasteiger partial charge is 0.477 e. The van der Waals surface area contributed by atoms with E-state index in [-0.39, 0.29) is 38.2 Å². The number of hydrogen-bond donors (Lipinski definition) is 1. The van der Waals surface area contributed by atoms with Crippen molar-refractivity contribution < 1.29 is 42.9 Å². The highest BCUT2D eigenvalue weighted by Crippen LogP contribution is 2.21. The number of esters is 2. The number of hydrogen-bond acceptors (Lipinski definition) is 7. The monoisotopic (exact) mass is 1250 g/mol. The third-order valence-corrected chi connectivity index (χ3v) is 18.6. The molecule has 0 aromatic carbocycles. The molecular formula is C79H156NO8+. The number of carbonyl (C=O) groups excluding carboxylic acids is 2. The minimum absolute atomic E-state index is 0.172. The van der Waals surface area contributed by atoms with Crippen LogP contribution in [-0.2, 0) is 33.3 Å². The summed E-state index contributed by atoms with van der Waals surface area (Å²) in [6, 6.07) is 0. The third kappa shape index (κ3) is 71.7. The fourth-order valence-electron chi connectivity index (χ4n) is 12.6. The van der Waals surface area contributed by atoms with Crippen molar-refractivity contribution in [2.45, 2.75) is 444 Å². The highest BCUT2D eigenvalue weighted by molar-refractivity contribution is 5.71. The van der Waals surface area contributed by atoms with Gasteiger partial charge in [0.2, 0.25) is 0 Å². The van der Waals surface area contributed by atoms with Crippen molar-refractivity contribution in [2.24, 2.45) is 0 Å². The van der Waals surface area contributed by atoms with E-state index in [4.69, 9.17) is 18.9 Å². The van der Waals surface area contributed by atoms with E-state index in [1.54, 1.807) is 0 Å². The zero-order chi connectivity index (χ0) is 64.0. The maximum Gasteiger partial charge on any atom is 0.361 e. The first-order chi connectivity index (χ1) is 43.1. The van der Waals surface area contributed by atoms with Crippen molar-refractivity contribution in [3.63, 3.8) is 0 Å². The summed E-state index contributed by atoms with van der Waals surface area (Å²) >= 11 is 0. The molecule has 0 radical (unpaired) electrons. The van der Waals surface area contributed by atoms with Gasteiger partial charge in [0.1, 0.15) is 13.2 Å². The van der Waals surface area contributed by atoms with E-state index < -0.39 is 18.4 Å². The number of quaternary nitrogens is 1. The molecule has 0 aliphatic heterocycles. The van der Waals surface area contributed by atoms with Crippen LogP contribution >= 0.6 is 0 Å². The van der Waals surface area contributed by atoms with Crippen LogP contribution in [0, 0.1) is 0 Å². The van der Waals surface area contributed by atoms with E-state index in [1.807, 2.05) is 21.1 Å². The number of aliphatic carboxylic acids is 1. The lowest BCUT2D eigenvalue weighted by atomic mass is 10.0. The maximum absolute atomic E-state index is 13.0. The second-order valence-electron chi connectivity index (χ2n) is 28.7. The van der Waals surface area contributed by atoms with Crippen LogP contribution in [0.2, 0.25) is 0 Å². The summed E-state index contributed by atoms with van der Waals surface area (Å²) in [5, 5.41) is 9.76. The lowest BCUT2D eigenvalue weighted by Gasteiger charge is -2.25. The Kier molecular flexibility index (Phi) is 69.8. The molecule has 0 saturated carbocycles. The molecule has 88 heavy (non-hydrogen) atoms. The molecule has 0 amide bonds. The molecule has 0 aliphatic carbocycles. The number of rotatable bonds is 76. The van der Waals surface area contributed by atoms with Crippen LogP contribution in [0.15, 0.2) is 0 Å². The molecule has 0 saturated heterocycles. The van der Waals surface area contributed by atoms with Gasteiger partial charge in [-0.05, 0) is 12.8 Å². The first-order valence-corrected chi connectivity index (χ1v) is 39.7. The topological polar surface area (TPSA) is 108 Å². The highest BCUT2D eigenvalue weighted by atomic mass is 16.7. The molecule has 9 heteroatoms. The molecule has 0 aliphatic rings. The van der Waals surface area contributed by atoms with Gasteiger partial charge in [-0.25, -0.2) is 4.79 Å². The summed E-state index contributed by atoms with van der Waals surface area (Å²) < 4.78 is 23.1. The van der Waals surface area contributed by atoms with Crippen molar-refractivity contribution in [1.29, 1.82) is 0 Å². The van der Waals surface area contributed by atoms with Gasteiger partial charge in [-0.1, -0.05) is 406 Å². The second-order valence-corrected chi connectivity index (χ2v) is 28.7. The first kappa shape index (κ1) is 86.3. The molecule has 0 spiro atoms. The predicted octanol–water partition coefficient (Wildman–Crippen LogP) is 25.0. The molecule has 0 aromatic heterocycles. The van der Waals surface area contributed by atoms with Crippen molar-refractivity contribution >= 4 is 17.9 Å². The highest BCUT2D eigenvalue weighted by Gasteiger charge is 2.25. The Morgan fingerprint density at radius 2 is 0.511 bits per heavy atom. The molecule has 2 atom stereocenters. The summed E-state index contributed by atoms with van der Waals surface area (Å²) in [6.45, 7) is 4.98. The Morgan fingerprint density at radius 3 is 0.727 bits per heavy atom. The first-order valence-electron chi connectivity index (χ1n) is 39.7. The molecule has 0 bridgehead atoms. The SMILES string of the molecule is CCCCCCCCCCCCCCCCCCCCCCCCCCCCCCCCCCCCCCCC(=O)OC(COC(=O)CCCCCCCCCCCCCCCCCCCCCCCCCCCC)COC(OCC[N+](C)(C)C)C(=O)O. The molecule has 0 aromatic rings. The molecule has 0 rings (SSSR count). The number of ether oxygens (including phenoxy) is 4. The van der Waals surface area contributed by atoms with E-state index in [9.17, 15) is 19.5 Å². The standard InChI is InChI=1S/C79H155NO8/c1-6-8-10-12-14-16-18-20-22-24-26-28-30-32-34-35-36-37-38-39-40-41-42-43-44-46-48-50-52-54-56-58-60-62-64-66-68-70-77(82)88-75(74-87-79(78(83)84)85-72-71-80(3,4)5)73-86-76(81)69-67-65-63-61-59-57-55-53-51-49-47-45-33-31-29-27-25-23-21-19-17-15-13-11-9-7-2/h75,79H,6-74H2,1-5H3/p+1. The van der Waals surface area contributed by atoms with E-state index in [2.05, 4.69) is 13.8 Å². The Labute approximate surface area is 549 Å². The smallest absolute Gasteiger partial charge is 0.361 e. The van der Waals surface area contributed by atoms with Crippen molar-refractivity contribution in [1.82, 2.24) is 0 Å². The molecule has 0 heterocycles. The van der Waals surface area contributed by atoms with Gasteiger partial charge in [-0.2, -0.15) is 0 Å². The maximum atomic E-state index is 13.0. The van der Waals surface area contributed by atoms with Crippen molar-refractivity contribution in [2.75, 3.05) is 47.5 Å². The van der Waals surface area contributed by atoms with Crippen molar-refractivity contribution in [3.8, 4) is 0 Å². The summed E-state index contributed by atoms with van der Waals surface area (Å²) in [7, 11) is 6.00. The Morgan fingerprint density at radius 1 is 0.295 bits per heavy atom. The number of carboxylic acid groups (broad SMARTS) is 1. The van der Waals surface area contributed by atoms with Crippen LogP contribution in [0.25, 0.3) is 0 Å². The summed E-state index contributed by atoms with van der Waals surface area (Å²) in [4.78, 5) is 37.7. The molecule has 524 valence electrons. The van der Waals surface area contributed by atoms with E-state index in [0.29, 0.717) is 17.4 Å². The van der Waals surface area contributed by atoms with Crippen LogP contribution in [0.1, 0.15) is 431 Å². The van der Waals surface area contributed by atoms with E-state index in [1.165, 1.54) is 366 Å². The van der Waals surface area contributed by atoms with Gasteiger partial charge < -0.3 is 28.5 Å². The van der Waals surface area contributed by atoms with E-state index in [0.717, 1.165) is 38.5 Å². The summed E-state index contributed by atoms with van der Waals surface area (Å²) in [5.74, 6) is -1.96. The van der Waals surface area contributed by atoms with Gasteiger partial charge in [0.05, 0.1) is 34.4 Å². The number of carboxylic acids is 1.